The quantitative estimate of drug-likeness (QED) is 0.423. The summed E-state index contributed by atoms with van der Waals surface area (Å²) in [5.74, 6) is 0.105. The third-order valence-electron chi connectivity index (χ3n) is 4.06. The summed E-state index contributed by atoms with van der Waals surface area (Å²) in [5, 5.41) is 4.64. The summed E-state index contributed by atoms with van der Waals surface area (Å²) < 4.78 is 16.4. The molecule has 0 saturated carbocycles. The molecule has 0 fully saturated rings. The minimum Gasteiger partial charge on any atom is -0.495 e. The lowest BCUT2D eigenvalue weighted by atomic mass is 10.1. The highest BCUT2D eigenvalue weighted by atomic mass is 16.6. The molecule has 0 aliphatic carbocycles. The molecule has 0 aliphatic rings. The largest absolute Gasteiger partial charge is 0.495 e. The second-order valence-electron chi connectivity index (χ2n) is 7.72. The fraction of sp³-hybridized carbons (Fsp3) is 0.273. The zero-order valence-electron chi connectivity index (χ0n) is 17.6. The Morgan fingerprint density at radius 1 is 1.03 bits per heavy atom. The molecule has 0 aliphatic heterocycles. The molecule has 158 valence electrons. The van der Waals surface area contributed by atoms with Crippen LogP contribution in [0.1, 0.15) is 27.7 Å². The van der Waals surface area contributed by atoms with Crippen LogP contribution in [-0.4, -0.2) is 24.7 Å². The summed E-state index contributed by atoms with van der Waals surface area (Å²) in [6.45, 7) is 6.91. The molecule has 0 atom stereocenters. The Morgan fingerprint density at radius 3 is 2.47 bits per heavy atom. The van der Waals surface area contributed by atoms with E-state index in [1.807, 2.05) is 30.3 Å². The van der Waals surface area contributed by atoms with Crippen molar-refractivity contribution in [2.45, 2.75) is 33.3 Å². The minimum absolute atomic E-state index is 0.403. The van der Waals surface area contributed by atoms with E-state index in [2.05, 4.69) is 16.2 Å². The number of hydrogen-bond acceptors (Lipinski definition) is 6. The summed E-state index contributed by atoms with van der Waals surface area (Å²) in [6, 6.07) is 11.2. The zero-order chi connectivity index (χ0) is 21.9. The Labute approximate surface area is 174 Å². The third-order valence-corrected chi connectivity index (χ3v) is 4.06. The van der Waals surface area contributed by atoms with E-state index in [1.165, 1.54) is 13.2 Å². The van der Waals surface area contributed by atoms with Crippen molar-refractivity contribution in [1.82, 2.24) is 10.9 Å². The molecule has 0 spiro atoms. The lowest BCUT2D eigenvalue weighted by Crippen LogP contribution is -2.40. The summed E-state index contributed by atoms with van der Waals surface area (Å²) in [4.78, 5) is 24.1. The number of anilines is 1. The number of allylic oxidation sites excluding steroid dienone is 1. The van der Waals surface area contributed by atoms with E-state index in [0.717, 1.165) is 16.4 Å². The van der Waals surface area contributed by atoms with Crippen LogP contribution < -0.4 is 20.9 Å². The first-order valence-electron chi connectivity index (χ1n) is 9.40. The van der Waals surface area contributed by atoms with Crippen LogP contribution in [0.5, 0.6) is 5.75 Å². The van der Waals surface area contributed by atoms with Crippen LogP contribution in [-0.2, 0) is 9.53 Å². The number of ether oxygens (including phenoxy) is 2. The Hall–Kier alpha value is -3.68. The van der Waals surface area contributed by atoms with Crippen molar-refractivity contribution >= 4 is 39.6 Å². The predicted molar refractivity (Wildman–Crippen MR) is 115 cm³/mol. The van der Waals surface area contributed by atoms with Gasteiger partial charge in [-0.05, 0) is 39.8 Å². The lowest BCUT2D eigenvalue weighted by molar-refractivity contribution is -0.112. The zero-order valence-corrected chi connectivity index (χ0v) is 17.6. The van der Waals surface area contributed by atoms with Crippen LogP contribution in [0.4, 0.5) is 10.5 Å². The van der Waals surface area contributed by atoms with Crippen molar-refractivity contribution in [2.24, 2.45) is 0 Å². The van der Waals surface area contributed by atoms with E-state index in [0.29, 0.717) is 22.7 Å². The maximum absolute atomic E-state index is 12.4. The van der Waals surface area contributed by atoms with Gasteiger partial charge in [-0.3, -0.25) is 4.79 Å². The molecule has 0 saturated heterocycles. The van der Waals surface area contributed by atoms with Crippen molar-refractivity contribution in [2.75, 3.05) is 12.4 Å². The van der Waals surface area contributed by atoms with Crippen molar-refractivity contribution in [3.63, 3.8) is 0 Å². The van der Waals surface area contributed by atoms with Gasteiger partial charge in [-0.15, -0.1) is 0 Å². The van der Waals surface area contributed by atoms with Crippen LogP contribution in [0.25, 0.3) is 21.9 Å². The van der Waals surface area contributed by atoms with E-state index in [1.54, 1.807) is 33.8 Å². The number of benzene rings is 2. The summed E-state index contributed by atoms with van der Waals surface area (Å²) >= 11 is 0. The number of amides is 2. The normalized spacial score (nSPS) is 12.0. The number of hydrazine groups is 1. The second-order valence-corrected chi connectivity index (χ2v) is 7.72. The number of carbonyl (C=O) groups is 2. The first-order chi connectivity index (χ1) is 14.2. The fourth-order valence-electron chi connectivity index (χ4n) is 2.87. The highest BCUT2D eigenvalue weighted by Crippen LogP contribution is 2.36. The maximum Gasteiger partial charge on any atom is 0.426 e. The van der Waals surface area contributed by atoms with E-state index < -0.39 is 17.6 Å². The molecule has 2 aromatic carbocycles. The smallest absolute Gasteiger partial charge is 0.426 e. The van der Waals surface area contributed by atoms with E-state index in [9.17, 15) is 9.59 Å². The number of rotatable bonds is 5. The SMILES string of the molecule is COc1cc2c(cc1NC(=O)/C=C(/C)NNC(=O)OC(C)(C)C)oc1ccccc12. The lowest BCUT2D eigenvalue weighted by Gasteiger charge is -2.20. The number of furan rings is 1. The standard InChI is InChI=1S/C22H25N3O5/c1-13(24-25-21(27)30-22(2,3)4)10-20(26)23-16-12-18-15(11-19(16)28-5)14-8-6-7-9-17(14)29-18/h6-12,24H,1-5H3,(H,23,26)(H,25,27)/b13-10-. The third kappa shape index (κ3) is 5.02. The van der Waals surface area contributed by atoms with Crippen LogP contribution >= 0.6 is 0 Å². The van der Waals surface area contributed by atoms with Crippen LogP contribution in [0.2, 0.25) is 0 Å². The van der Waals surface area contributed by atoms with E-state index in [-0.39, 0.29) is 0 Å². The van der Waals surface area contributed by atoms with Gasteiger partial charge in [0.2, 0.25) is 5.91 Å². The maximum atomic E-state index is 12.4. The molecule has 0 radical (unpaired) electrons. The Bertz CT molecular complexity index is 1120. The number of nitrogens with one attached hydrogen (secondary N) is 3. The van der Waals surface area contributed by atoms with Crippen molar-refractivity contribution in [3.8, 4) is 5.75 Å². The average molecular weight is 411 g/mol. The van der Waals surface area contributed by atoms with Gasteiger partial charge in [-0.1, -0.05) is 18.2 Å². The van der Waals surface area contributed by atoms with E-state index in [4.69, 9.17) is 13.9 Å². The number of hydrogen-bond donors (Lipinski definition) is 3. The molecule has 0 bridgehead atoms. The van der Waals surface area contributed by atoms with Gasteiger partial charge in [0.05, 0.1) is 12.8 Å². The van der Waals surface area contributed by atoms with Gasteiger partial charge in [0, 0.05) is 28.6 Å². The fourth-order valence-corrected chi connectivity index (χ4v) is 2.87. The van der Waals surface area contributed by atoms with Gasteiger partial charge in [-0.2, -0.15) is 0 Å². The molecule has 3 rings (SSSR count). The number of para-hydroxylation sites is 1. The molecule has 1 heterocycles. The highest BCUT2D eigenvalue weighted by Gasteiger charge is 2.16. The molecule has 1 aromatic heterocycles. The monoisotopic (exact) mass is 411 g/mol. The van der Waals surface area contributed by atoms with Crippen LogP contribution in [0.3, 0.4) is 0 Å². The van der Waals surface area contributed by atoms with Crippen molar-refractivity contribution < 1.29 is 23.5 Å². The Morgan fingerprint density at radius 2 is 1.77 bits per heavy atom. The molecular formula is C22H25N3O5. The van der Waals surface area contributed by atoms with Gasteiger partial charge in [-0.25, -0.2) is 10.2 Å². The first-order valence-corrected chi connectivity index (χ1v) is 9.40. The highest BCUT2D eigenvalue weighted by molar-refractivity contribution is 6.08. The Balaban J connectivity index is 1.73. The average Bonchev–Trinajstić information content (AvgIpc) is 3.01. The minimum atomic E-state index is -0.646. The van der Waals surface area contributed by atoms with Crippen LogP contribution in [0.15, 0.2) is 52.6 Å². The summed E-state index contributed by atoms with van der Waals surface area (Å²) in [5.41, 5.74) is 6.66. The first kappa shape index (κ1) is 21.0. The van der Waals surface area contributed by atoms with E-state index >= 15 is 0 Å². The number of fused-ring (bicyclic) bond motifs is 3. The number of methoxy groups -OCH3 is 1. The van der Waals surface area contributed by atoms with Gasteiger partial charge in [0.15, 0.2) is 0 Å². The molecule has 3 aromatic rings. The van der Waals surface area contributed by atoms with Crippen molar-refractivity contribution in [1.29, 1.82) is 0 Å². The summed E-state index contributed by atoms with van der Waals surface area (Å²) in [6.07, 6.45) is 0.660. The molecule has 30 heavy (non-hydrogen) atoms. The molecular weight excluding hydrogens is 386 g/mol. The topological polar surface area (TPSA) is 102 Å². The van der Waals surface area contributed by atoms with Crippen molar-refractivity contribution in [3.05, 3.63) is 48.2 Å². The molecule has 2 amide bonds. The molecule has 8 heteroatoms. The van der Waals surface area contributed by atoms with Gasteiger partial charge in [0.25, 0.3) is 0 Å². The van der Waals surface area contributed by atoms with Gasteiger partial charge in [0.1, 0.15) is 22.5 Å². The van der Waals surface area contributed by atoms with Gasteiger partial charge >= 0.3 is 6.09 Å². The summed E-state index contributed by atoms with van der Waals surface area (Å²) in [7, 11) is 1.53. The van der Waals surface area contributed by atoms with Crippen LogP contribution in [0, 0.1) is 0 Å². The second kappa shape index (κ2) is 8.36. The molecule has 3 N–H and O–H groups in total. The number of carbonyl (C=O) groups excluding carboxylic acids is 2. The predicted octanol–water partition coefficient (Wildman–Crippen LogP) is 4.47. The Kier molecular flexibility index (Phi) is 5.86. The molecule has 8 nitrogen and oxygen atoms in total. The van der Waals surface area contributed by atoms with Gasteiger partial charge < -0.3 is 24.6 Å². The molecule has 0 unspecified atom stereocenters.